The van der Waals surface area contributed by atoms with Gasteiger partial charge in [0.25, 0.3) is 0 Å². The lowest BCUT2D eigenvalue weighted by Gasteiger charge is -2.05. The number of hydrogen-bond donors (Lipinski definition) is 0. The van der Waals surface area contributed by atoms with E-state index in [2.05, 4.69) is 15.0 Å². The minimum atomic E-state index is -0.389. The zero-order chi connectivity index (χ0) is 18.5. The van der Waals surface area contributed by atoms with Gasteiger partial charge in [-0.1, -0.05) is 30.3 Å². The number of aliphatic imine (C=N–C) groups is 2. The molecule has 0 radical (unpaired) electrons. The summed E-state index contributed by atoms with van der Waals surface area (Å²) >= 11 is 0. The Balaban J connectivity index is 1.93. The van der Waals surface area contributed by atoms with Gasteiger partial charge in [0.2, 0.25) is 0 Å². The second-order valence-electron chi connectivity index (χ2n) is 5.71. The van der Waals surface area contributed by atoms with Crippen LogP contribution in [0.25, 0.3) is 0 Å². The van der Waals surface area contributed by atoms with Crippen molar-refractivity contribution >= 4 is 22.8 Å². The molecule has 0 spiro atoms. The highest BCUT2D eigenvalue weighted by Crippen LogP contribution is 2.19. The summed E-state index contributed by atoms with van der Waals surface area (Å²) in [4.78, 5) is 13.1. The molecule has 130 valence electrons. The number of halogens is 2. The molecule has 0 saturated heterocycles. The summed E-state index contributed by atoms with van der Waals surface area (Å²) < 4.78 is 27.5. The highest BCUT2D eigenvalue weighted by Gasteiger charge is 2.07. The number of aromatic nitrogens is 1. The number of pyridine rings is 1. The Morgan fingerprint density at radius 1 is 0.654 bits per heavy atom. The third kappa shape index (κ3) is 4.06. The first-order chi connectivity index (χ1) is 12.5. The van der Waals surface area contributed by atoms with E-state index in [9.17, 15) is 8.78 Å². The fraction of sp³-hybridized carbons (Fsp3) is 0.0952. The normalized spacial score (nSPS) is 12.3. The number of hydrogen-bond acceptors (Lipinski definition) is 3. The molecule has 3 rings (SSSR count). The summed E-state index contributed by atoms with van der Waals surface area (Å²) in [6.45, 7) is 3.53. The van der Waals surface area contributed by atoms with Crippen LogP contribution in [0.2, 0.25) is 0 Å². The van der Waals surface area contributed by atoms with E-state index >= 15 is 0 Å². The molecule has 5 heteroatoms. The number of benzene rings is 2. The lowest BCUT2D eigenvalue weighted by Crippen LogP contribution is -2.05. The van der Waals surface area contributed by atoms with E-state index in [1.807, 2.05) is 6.07 Å². The number of rotatable bonds is 4. The fourth-order valence-electron chi connectivity index (χ4n) is 2.40. The van der Waals surface area contributed by atoms with Gasteiger partial charge in [-0.15, -0.1) is 0 Å². The van der Waals surface area contributed by atoms with Crippen LogP contribution < -0.4 is 0 Å². The van der Waals surface area contributed by atoms with Gasteiger partial charge in [-0.05, 0) is 50.2 Å². The van der Waals surface area contributed by atoms with Crippen LogP contribution in [-0.2, 0) is 0 Å². The van der Waals surface area contributed by atoms with Gasteiger partial charge in [0, 0.05) is 0 Å². The molecule has 0 aliphatic carbocycles. The maximum absolute atomic E-state index is 13.8. The quantitative estimate of drug-likeness (QED) is 0.562. The third-order valence-corrected chi connectivity index (χ3v) is 3.77. The highest BCUT2D eigenvalue weighted by atomic mass is 19.1. The van der Waals surface area contributed by atoms with Gasteiger partial charge < -0.3 is 0 Å². The van der Waals surface area contributed by atoms with Crippen LogP contribution in [0.3, 0.4) is 0 Å². The van der Waals surface area contributed by atoms with Crippen LogP contribution in [0.1, 0.15) is 25.2 Å². The van der Waals surface area contributed by atoms with Crippen molar-refractivity contribution in [3.63, 3.8) is 0 Å². The Bertz CT molecular complexity index is 917. The molecule has 0 N–H and O–H groups in total. The molecule has 0 bridgehead atoms. The van der Waals surface area contributed by atoms with Gasteiger partial charge in [0.15, 0.2) is 0 Å². The molecule has 3 aromatic rings. The molecule has 1 heterocycles. The van der Waals surface area contributed by atoms with Crippen molar-refractivity contribution in [2.75, 3.05) is 0 Å². The lowest BCUT2D eigenvalue weighted by molar-refractivity contribution is 0.629. The summed E-state index contributed by atoms with van der Waals surface area (Å²) in [5, 5.41) is 0. The lowest BCUT2D eigenvalue weighted by atomic mass is 10.2. The van der Waals surface area contributed by atoms with Crippen molar-refractivity contribution in [2.24, 2.45) is 9.98 Å². The van der Waals surface area contributed by atoms with Crippen molar-refractivity contribution in [2.45, 2.75) is 13.8 Å². The van der Waals surface area contributed by atoms with E-state index in [-0.39, 0.29) is 23.0 Å². The minimum absolute atomic E-state index is 0.258. The second-order valence-corrected chi connectivity index (χ2v) is 5.71. The molecule has 1 aromatic heterocycles. The Morgan fingerprint density at radius 3 is 1.50 bits per heavy atom. The van der Waals surface area contributed by atoms with Gasteiger partial charge in [-0.2, -0.15) is 0 Å². The van der Waals surface area contributed by atoms with Crippen molar-refractivity contribution in [3.8, 4) is 0 Å². The number of para-hydroxylation sites is 2. The summed E-state index contributed by atoms with van der Waals surface area (Å²) in [6, 6.07) is 18.0. The van der Waals surface area contributed by atoms with Gasteiger partial charge >= 0.3 is 0 Å². The summed E-state index contributed by atoms with van der Waals surface area (Å²) in [5.74, 6) is -0.777. The average Bonchev–Trinajstić information content (AvgIpc) is 2.65. The van der Waals surface area contributed by atoms with Gasteiger partial charge in [0.1, 0.15) is 11.6 Å². The molecule has 0 aliphatic heterocycles. The van der Waals surface area contributed by atoms with Crippen molar-refractivity contribution in [3.05, 3.63) is 89.8 Å². The second kappa shape index (κ2) is 7.78. The van der Waals surface area contributed by atoms with E-state index in [1.165, 1.54) is 12.1 Å². The predicted octanol–water partition coefficient (Wildman–Crippen LogP) is 5.64. The molecule has 0 amide bonds. The molecule has 0 atom stereocenters. The third-order valence-electron chi connectivity index (χ3n) is 3.77. The average molecular weight is 349 g/mol. The largest absolute Gasteiger partial charge is 0.248 e. The molecule has 2 aromatic carbocycles. The highest BCUT2D eigenvalue weighted by molar-refractivity contribution is 6.02. The predicted molar refractivity (Wildman–Crippen MR) is 101 cm³/mol. The van der Waals surface area contributed by atoms with Crippen LogP contribution in [-0.4, -0.2) is 16.4 Å². The minimum Gasteiger partial charge on any atom is -0.248 e. The van der Waals surface area contributed by atoms with Crippen LogP contribution in [0.4, 0.5) is 20.2 Å². The van der Waals surface area contributed by atoms with E-state index in [4.69, 9.17) is 0 Å². The van der Waals surface area contributed by atoms with Crippen molar-refractivity contribution < 1.29 is 8.78 Å². The van der Waals surface area contributed by atoms with Crippen molar-refractivity contribution in [1.82, 2.24) is 4.98 Å². The van der Waals surface area contributed by atoms with Gasteiger partial charge in [0.05, 0.1) is 34.2 Å². The molecular weight excluding hydrogens is 332 g/mol. The van der Waals surface area contributed by atoms with Crippen molar-refractivity contribution in [1.29, 1.82) is 0 Å². The summed E-state index contributed by atoms with van der Waals surface area (Å²) in [6.07, 6.45) is 0. The van der Waals surface area contributed by atoms with Gasteiger partial charge in [-0.25, -0.2) is 23.7 Å². The van der Waals surface area contributed by atoms with E-state index in [0.29, 0.717) is 22.8 Å². The Labute approximate surface area is 150 Å². The summed E-state index contributed by atoms with van der Waals surface area (Å²) in [7, 11) is 0. The van der Waals surface area contributed by atoms with Crippen LogP contribution in [0.5, 0.6) is 0 Å². The first-order valence-corrected chi connectivity index (χ1v) is 8.12. The molecule has 0 fully saturated rings. The first-order valence-electron chi connectivity index (χ1n) is 8.12. The molecular formula is C21H17F2N3. The Hall–Kier alpha value is -3.21. The van der Waals surface area contributed by atoms with Crippen LogP contribution >= 0.6 is 0 Å². The molecule has 0 saturated carbocycles. The SMILES string of the molecule is C/C(=N\c1ccccc1F)c1cccc(/C(C)=N/c2ccccc2F)n1. The molecule has 3 nitrogen and oxygen atoms in total. The molecule has 0 unspecified atom stereocenters. The number of nitrogens with zero attached hydrogens (tertiary/aromatic N) is 3. The standard InChI is InChI=1S/C21H17F2N3/c1-14(24-20-10-5-3-8-16(20)22)18-12-7-13-19(26-18)15(2)25-21-11-6-4-9-17(21)23/h3-13H,1-2H3/b24-14+,25-15+. The Morgan fingerprint density at radius 2 is 1.08 bits per heavy atom. The van der Waals surface area contributed by atoms with E-state index < -0.39 is 0 Å². The zero-order valence-electron chi connectivity index (χ0n) is 14.4. The first kappa shape index (κ1) is 17.6. The Kier molecular flexibility index (Phi) is 5.27. The zero-order valence-corrected chi connectivity index (χ0v) is 14.4. The fourth-order valence-corrected chi connectivity index (χ4v) is 2.40. The van der Waals surface area contributed by atoms with Gasteiger partial charge in [-0.3, -0.25) is 0 Å². The monoisotopic (exact) mass is 349 g/mol. The maximum atomic E-state index is 13.8. The summed E-state index contributed by atoms with van der Waals surface area (Å²) in [5.41, 5.74) is 2.89. The smallest absolute Gasteiger partial charge is 0.148 e. The molecule has 0 aliphatic rings. The molecule has 26 heavy (non-hydrogen) atoms. The van der Waals surface area contributed by atoms with E-state index in [1.54, 1.807) is 62.4 Å². The van der Waals surface area contributed by atoms with E-state index in [0.717, 1.165) is 0 Å². The van der Waals surface area contributed by atoms with Crippen LogP contribution in [0, 0.1) is 11.6 Å². The topological polar surface area (TPSA) is 37.6 Å². The van der Waals surface area contributed by atoms with Crippen LogP contribution in [0.15, 0.2) is 76.7 Å². The maximum Gasteiger partial charge on any atom is 0.148 e.